The van der Waals surface area contributed by atoms with Crippen molar-refractivity contribution in [3.63, 3.8) is 0 Å². The number of piperidine rings is 1. The van der Waals surface area contributed by atoms with Gasteiger partial charge >= 0.3 is 0 Å². The summed E-state index contributed by atoms with van der Waals surface area (Å²) < 4.78 is 6.14. The zero-order chi connectivity index (χ0) is 15.6. The lowest BCUT2D eigenvalue weighted by Gasteiger charge is -2.38. The van der Waals surface area contributed by atoms with E-state index >= 15 is 0 Å². The fraction of sp³-hybridized carbons (Fsp3) is 0.789. The number of rotatable bonds is 2. The van der Waals surface area contributed by atoms with E-state index in [4.69, 9.17) is 4.42 Å². The minimum absolute atomic E-state index is 0.524. The zero-order valence-corrected chi connectivity index (χ0v) is 14.9. The average Bonchev–Trinajstić information content (AvgIpc) is 3.00. The molecule has 1 saturated heterocycles. The van der Waals surface area contributed by atoms with E-state index in [0.29, 0.717) is 11.3 Å². The Bertz CT molecular complexity index is 464. The highest BCUT2D eigenvalue weighted by Crippen LogP contribution is 2.48. The van der Waals surface area contributed by atoms with Crippen LogP contribution >= 0.6 is 0 Å². The Balaban J connectivity index is 0.000000774. The summed E-state index contributed by atoms with van der Waals surface area (Å²) in [7, 11) is 2.25. The molecule has 120 valence electrons. The Morgan fingerprint density at radius 2 is 1.67 bits per heavy atom. The van der Waals surface area contributed by atoms with Crippen molar-refractivity contribution >= 4 is 0 Å². The summed E-state index contributed by atoms with van der Waals surface area (Å²) >= 11 is 0. The predicted octanol–water partition coefficient (Wildman–Crippen LogP) is 4.80. The molecule has 0 aromatic carbocycles. The summed E-state index contributed by atoms with van der Waals surface area (Å²) in [6.07, 6.45) is 6.31. The largest absolute Gasteiger partial charge is 0.465 e. The number of aryl methyl sites for hydroxylation is 1. The van der Waals surface area contributed by atoms with Crippen molar-refractivity contribution in [2.24, 2.45) is 5.41 Å². The van der Waals surface area contributed by atoms with Gasteiger partial charge in [0.15, 0.2) is 0 Å². The Morgan fingerprint density at radius 1 is 1.10 bits per heavy atom. The van der Waals surface area contributed by atoms with Gasteiger partial charge in [0.25, 0.3) is 0 Å². The van der Waals surface area contributed by atoms with Crippen molar-refractivity contribution in [1.82, 2.24) is 4.90 Å². The molecule has 0 N–H and O–H groups in total. The zero-order valence-electron chi connectivity index (χ0n) is 14.9. The summed E-state index contributed by atoms with van der Waals surface area (Å²) in [5, 5.41) is 0. The van der Waals surface area contributed by atoms with Crippen molar-refractivity contribution in [3.05, 3.63) is 22.6 Å². The van der Waals surface area contributed by atoms with Gasteiger partial charge in [0.2, 0.25) is 0 Å². The fourth-order valence-electron chi connectivity index (χ4n) is 3.98. The van der Waals surface area contributed by atoms with Gasteiger partial charge < -0.3 is 9.32 Å². The van der Waals surface area contributed by atoms with E-state index in [1.165, 1.54) is 50.3 Å². The summed E-state index contributed by atoms with van der Waals surface area (Å²) in [5.41, 5.74) is 3.72. The molecule has 0 bridgehead atoms. The van der Waals surface area contributed by atoms with Crippen LogP contribution in [0.25, 0.3) is 0 Å². The average molecular weight is 291 g/mol. The molecule has 1 aliphatic carbocycles. The molecule has 0 unspecified atom stereocenters. The summed E-state index contributed by atoms with van der Waals surface area (Å²) in [6, 6.07) is 0. The molecule has 21 heavy (non-hydrogen) atoms. The number of hydrogen-bond donors (Lipinski definition) is 0. The lowest BCUT2D eigenvalue weighted by molar-refractivity contribution is 0.129. The van der Waals surface area contributed by atoms with Gasteiger partial charge in [-0.15, -0.1) is 0 Å². The molecule has 2 aliphatic rings. The quantitative estimate of drug-likeness (QED) is 0.778. The van der Waals surface area contributed by atoms with Gasteiger partial charge in [0, 0.05) is 12.3 Å². The van der Waals surface area contributed by atoms with Crippen LogP contribution in [0.1, 0.15) is 76.0 Å². The van der Waals surface area contributed by atoms with E-state index in [1.54, 1.807) is 11.1 Å². The molecule has 0 radical (unpaired) electrons. The lowest BCUT2D eigenvalue weighted by Crippen LogP contribution is -2.38. The lowest BCUT2D eigenvalue weighted by atomic mass is 9.75. The Kier molecular flexibility index (Phi) is 5.19. The van der Waals surface area contributed by atoms with Crippen molar-refractivity contribution in [2.75, 3.05) is 20.1 Å². The van der Waals surface area contributed by atoms with E-state index < -0.39 is 0 Å². The second-order valence-corrected chi connectivity index (χ2v) is 7.01. The van der Waals surface area contributed by atoms with Crippen LogP contribution in [-0.4, -0.2) is 25.0 Å². The molecule has 1 fully saturated rings. The molecule has 0 atom stereocenters. The van der Waals surface area contributed by atoms with Crippen molar-refractivity contribution < 1.29 is 4.42 Å². The second kappa shape index (κ2) is 6.56. The molecule has 3 rings (SSSR count). The predicted molar refractivity (Wildman–Crippen MR) is 90.1 cm³/mol. The summed E-state index contributed by atoms with van der Waals surface area (Å²) in [6.45, 7) is 13.3. The maximum absolute atomic E-state index is 6.14. The van der Waals surface area contributed by atoms with E-state index in [9.17, 15) is 0 Å². The number of likely N-dealkylation sites (tertiary alicyclic amines) is 1. The van der Waals surface area contributed by atoms with Gasteiger partial charge in [0.1, 0.15) is 11.5 Å². The van der Waals surface area contributed by atoms with Gasteiger partial charge in [0.05, 0.1) is 0 Å². The highest BCUT2D eigenvalue weighted by molar-refractivity contribution is 5.41. The van der Waals surface area contributed by atoms with E-state index in [0.717, 1.165) is 6.42 Å². The normalized spacial score (nSPS) is 20.5. The molecular weight excluding hydrogens is 258 g/mol. The summed E-state index contributed by atoms with van der Waals surface area (Å²) in [5.74, 6) is 3.08. The van der Waals surface area contributed by atoms with Crippen molar-refractivity contribution in [3.8, 4) is 0 Å². The van der Waals surface area contributed by atoms with E-state index in [2.05, 4.69) is 32.7 Å². The number of fused-ring (bicyclic) bond motifs is 1. The van der Waals surface area contributed by atoms with Crippen molar-refractivity contribution in [1.29, 1.82) is 0 Å². The van der Waals surface area contributed by atoms with Gasteiger partial charge in [-0.2, -0.15) is 0 Å². The first kappa shape index (κ1) is 16.6. The standard InChI is InChI=1S/C17H27NO.C2H6/c1-5-15-13-10-17(6-8-18(4)9-7-17)11-14(13)16(19-15)12(2)3;1-2/h12H,5-11H2,1-4H3;1-2H3. The third-order valence-corrected chi connectivity index (χ3v) is 5.23. The molecular formula is C19H33NO. The van der Waals surface area contributed by atoms with Crippen LogP contribution in [0.2, 0.25) is 0 Å². The molecule has 0 amide bonds. The maximum atomic E-state index is 6.14. The topological polar surface area (TPSA) is 16.4 Å². The van der Waals surface area contributed by atoms with Crippen LogP contribution in [0.15, 0.2) is 4.42 Å². The van der Waals surface area contributed by atoms with Crippen LogP contribution in [-0.2, 0) is 19.3 Å². The molecule has 2 heterocycles. The van der Waals surface area contributed by atoms with E-state index in [-0.39, 0.29) is 0 Å². The monoisotopic (exact) mass is 291 g/mol. The number of furan rings is 1. The third kappa shape index (κ3) is 3.06. The second-order valence-electron chi connectivity index (χ2n) is 7.01. The first-order valence-electron chi connectivity index (χ1n) is 8.86. The Hall–Kier alpha value is -0.760. The first-order valence-corrected chi connectivity index (χ1v) is 8.86. The first-order chi connectivity index (χ1) is 10.0. The molecule has 1 aromatic heterocycles. The van der Waals surface area contributed by atoms with Crippen LogP contribution in [0.4, 0.5) is 0 Å². The van der Waals surface area contributed by atoms with Crippen LogP contribution in [0.5, 0.6) is 0 Å². The fourth-order valence-corrected chi connectivity index (χ4v) is 3.98. The third-order valence-electron chi connectivity index (χ3n) is 5.23. The van der Waals surface area contributed by atoms with Crippen molar-refractivity contribution in [2.45, 2.75) is 72.6 Å². The molecule has 1 aliphatic heterocycles. The molecule has 2 heteroatoms. The SMILES string of the molecule is CC.CCc1oc(C(C)C)c2c1CC1(CCN(C)CC1)C2. The smallest absolute Gasteiger partial charge is 0.110 e. The minimum Gasteiger partial charge on any atom is -0.465 e. The maximum Gasteiger partial charge on any atom is 0.110 e. The van der Waals surface area contributed by atoms with Crippen LogP contribution < -0.4 is 0 Å². The number of hydrogen-bond acceptors (Lipinski definition) is 2. The minimum atomic E-state index is 0.524. The van der Waals surface area contributed by atoms with Gasteiger partial charge in [-0.3, -0.25) is 0 Å². The molecule has 1 spiro atoms. The number of nitrogens with zero attached hydrogens (tertiary/aromatic N) is 1. The van der Waals surface area contributed by atoms with Crippen LogP contribution in [0, 0.1) is 5.41 Å². The van der Waals surface area contributed by atoms with Gasteiger partial charge in [-0.1, -0.05) is 34.6 Å². The Labute approximate surface area is 130 Å². The molecule has 1 aromatic rings. The van der Waals surface area contributed by atoms with E-state index in [1.807, 2.05) is 13.8 Å². The van der Waals surface area contributed by atoms with Gasteiger partial charge in [-0.05, 0) is 62.4 Å². The van der Waals surface area contributed by atoms with Gasteiger partial charge in [-0.25, -0.2) is 0 Å². The molecule has 2 nitrogen and oxygen atoms in total. The van der Waals surface area contributed by atoms with Crippen LogP contribution in [0.3, 0.4) is 0 Å². The molecule has 0 saturated carbocycles. The highest BCUT2D eigenvalue weighted by Gasteiger charge is 2.43. The highest BCUT2D eigenvalue weighted by atomic mass is 16.3. The summed E-state index contributed by atoms with van der Waals surface area (Å²) in [4.78, 5) is 2.47. The Morgan fingerprint density at radius 3 is 2.19 bits per heavy atom.